The maximum atomic E-state index is 13.7. The average molecular weight is 248 g/mol. The SMILES string of the molecule is CNC1CC2CCC(C1)N2c1ccc(C)c(F)c1. The lowest BCUT2D eigenvalue weighted by Gasteiger charge is -2.40. The number of nitrogens with zero attached hydrogens (tertiary/aromatic N) is 1. The molecule has 0 amide bonds. The van der Waals surface area contributed by atoms with E-state index < -0.39 is 0 Å². The van der Waals surface area contributed by atoms with Gasteiger partial charge in [-0.05, 0) is 57.4 Å². The first-order chi connectivity index (χ1) is 8.69. The second-order valence-electron chi connectivity index (χ2n) is 5.68. The van der Waals surface area contributed by atoms with Crippen molar-refractivity contribution in [2.45, 2.75) is 50.7 Å². The lowest BCUT2D eigenvalue weighted by Crippen LogP contribution is -2.48. The van der Waals surface area contributed by atoms with E-state index in [0.29, 0.717) is 18.1 Å². The summed E-state index contributed by atoms with van der Waals surface area (Å²) in [4.78, 5) is 2.45. The van der Waals surface area contributed by atoms with Crippen LogP contribution in [0.25, 0.3) is 0 Å². The molecule has 0 radical (unpaired) electrons. The number of benzene rings is 1. The molecule has 0 aromatic heterocycles. The molecule has 2 fully saturated rings. The lowest BCUT2D eigenvalue weighted by atomic mass is 9.96. The van der Waals surface area contributed by atoms with Gasteiger partial charge in [0.15, 0.2) is 0 Å². The van der Waals surface area contributed by atoms with E-state index in [1.54, 1.807) is 6.07 Å². The molecule has 3 heteroatoms. The van der Waals surface area contributed by atoms with E-state index >= 15 is 0 Å². The first kappa shape index (κ1) is 12.0. The maximum absolute atomic E-state index is 13.7. The van der Waals surface area contributed by atoms with Crippen LogP contribution in [0.5, 0.6) is 0 Å². The number of hydrogen-bond donors (Lipinski definition) is 1. The highest BCUT2D eigenvalue weighted by Gasteiger charge is 2.40. The summed E-state index contributed by atoms with van der Waals surface area (Å²) in [5, 5.41) is 3.40. The minimum absolute atomic E-state index is 0.0809. The highest BCUT2D eigenvalue weighted by atomic mass is 19.1. The van der Waals surface area contributed by atoms with Crippen LogP contribution in [0, 0.1) is 12.7 Å². The summed E-state index contributed by atoms with van der Waals surface area (Å²) in [5.41, 5.74) is 1.80. The third-order valence-corrected chi connectivity index (χ3v) is 4.59. The fourth-order valence-corrected chi connectivity index (χ4v) is 3.58. The zero-order chi connectivity index (χ0) is 12.7. The molecular weight excluding hydrogens is 227 g/mol. The Bertz CT molecular complexity index is 432. The summed E-state index contributed by atoms with van der Waals surface area (Å²) in [6.07, 6.45) is 4.86. The van der Waals surface area contributed by atoms with Gasteiger partial charge in [0.1, 0.15) is 5.82 Å². The van der Waals surface area contributed by atoms with E-state index in [2.05, 4.69) is 16.3 Å². The van der Waals surface area contributed by atoms with Crippen LogP contribution >= 0.6 is 0 Å². The van der Waals surface area contributed by atoms with Crippen molar-refractivity contribution in [2.24, 2.45) is 0 Å². The van der Waals surface area contributed by atoms with Crippen LogP contribution in [-0.2, 0) is 0 Å². The molecule has 2 nitrogen and oxygen atoms in total. The van der Waals surface area contributed by atoms with E-state index in [4.69, 9.17) is 0 Å². The molecule has 2 heterocycles. The number of halogens is 1. The largest absolute Gasteiger partial charge is 0.365 e. The predicted octanol–water partition coefficient (Wildman–Crippen LogP) is 2.85. The Morgan fingerprint density at radius 1 is 1.22 bits per heavy atom. The molecule has 1 aromatic rings. The van der Waals surface area contributed by atoms with Crippen molar-refractivity contribution in [1.29, 1.82) is 0 Å². The monoisotopic (exact) mass is 248 g/mol. The number of hydrogen-bond acceptors (Lipinski definition) is 2. The molecule has 18 heavy (non-hydrogen) atoms. The van der Waals surface area contributed by atoms with Gasteiger partial charge in [-0.2, -0.15) is 0 Å². The van der Waals surface area contributed by atoms with Crippen LogP contribution < -0.4 is 10.2 Å². The molecule has 2 aliphatic heterocycles. The van der Waals surface area contributed by atoms with Crippen molar-refractivity contribution >= 4 is 5.69 Å². The van der Waals surface area contributed by atoms with E-state index in [1.165, 1.54) is 25.7 Å². The van der Waals surface area contributed by atoms with Crippen molar-refractivity contribution in [2.75, 3.05) is 11.9 Å². The number of piperidine rings is 1. The van der Waals surface area contributed by atoms with Crippen LogP contribution in [-0.4, -0.2) is 25.2 Å². The summed E-state index contributed by atoms with van der Waals surface area (Å²) in [6.45, 7) is 1.82. The molecule has 2 atom stereocenters. The maximum Gasteiger partial charge on any atom is 0.128 e. The molecule has 2 unspecified atom stereocenters. The van der Waals surface area contributed by atoms with Gasteiger partial charge in [0.25, 0.3) is 0 Å². The molecule has 0 saturated carbocycles. The van der Waals surface area contributed by atoms with Gasteiger partial charge < -0.3 is 10.2 Å². The number of anilines is 1. The third-order valence-electron chi connectivity index (χ3n) is 4.59. The van der Waals surface area contributed by atoms with Gasteiger partial charge in [-0.25, -0.2) is 4.39 Å². The van der Waals surface area contributed by atoms with Gasteiger partial charge in [0, 0.05) is 23.8 Å². The van der Waals surface area contributed by atoms with Crippen LogP contribution in [0.2, 0.25) is 0 Å². The van der Waals surface area contributed by atoms with Gasteiger partial charge in [-0.15, -0.1) is 0 Å². The first-order valence-electron chi connectivity index (χ1n) is 6.91. The Labute approximate surface area is 108 Å². The molecule has 0 aliphatic carbocycles. The van der Waals surface area contributed by atoms with E-state index in [1.807, 2.05) is 20.0 Å². The molecule has 3 rings (SSSR count). The Morgan fingerprint density at radius 2 is 1.89 bits per heavy atom. The smallest absolute Gasteiger partial charge is 0.128 e. The molecule has 1 aromatic carbocycles. The fourth-order valence-electron chi connectivity index (χ4n) is 3.58. The van der Waals surface area contributed by atoms with Gasteiger partial charge in [0.05, 0.1) is 0 Å². The number of rotatable bonds is 2. The van der Waals surface area contributed by atoms with Gasteiger partial charge in [-0.3, -0.25) is 0 Å². The highest BCUT2D eigenvalue weighted by Crippen LogP contribution is 2.39. The van der Waals surface area contributed by atoms with E-state index in [9.17, 15) is 4.39 Å². The Kier molecular flexibility index (Phi) is 3.02. The quantitative estimate of drug-likeness (QED) is 0.865. The summed E-state index contributed by atoms with van der Waals surface area (Å²) in [7, 11) is 2.05. The second kappa shape index (κ2) is 4.54. The third kappa shape index (κ3) is 1.91. The van der Waals surface area contributed by atoms with Crippen LogP contribution in [0.15, 0.2) is 18.2 Å². The number of nitrogens with one attached hydrogen (secondary N) is 1. The normalized spacial score (nSPS) is 30.8. The molecular formula is C15H21FN2. The van der Waals surface area contributed by atoms with Crippen LogP contribution in [0.1, 0.15) is 31.2 Å². The summed E-state index contributed by atoms with van der Waals surface area (Å²) in [6, 6.07) is 7.48. The Hall–Kier alpha value is -1.09. The highest BCUT2D eigenvalue weighted by molar-refractivity contribution is 5.52. The standard InChI is InChI=1S/C15H21FN2/c1-10-3-4-14(9-15(10)16)18-12-5-6-13(18)8-11(7-12)17-2/h3-4,9,11-13,17H,5-8H2,1-2H3. The summed E-state index contributed by atoms with van der Waals surface area (Å²) >= 11 is 0. The van der Waals surface area contributed by atoms with Crippen molar-refractivity contribution in [3.05, 3.63) is 29.6 Å². The Morgan fingerprint density at radius 3 is 2.44 bits per heavy atom. The zero-order valence-corrected chi connectivity index (χ0v) is 11.1. The second-order valence-corrected chi connectivity index (χ2v) is 5.68. The topological polar surface area (TPSA) is 15.3 Å². The minimum atomic E-state index is -0.0809. The average Bonchev–Trinajstić information content (AvgIpc) is 2.64. The fraction of sp³-hybridized carbons (Fsp3) is 0.600. The van der Waals surface area contributed by atoms with Crippen molar-refractivity contribution < 1.29 is 4.39 Å². The van der Waals surface area contributed by atoms with Crippen molar-refractivity contribution in [3.63, 3.8) is 0 Å². The van der Waals surface area contributed by atoms with E-state index in [0.717, 1.165) is 11.3 Å². The molecule has 2 saturated heterocycles. The lowest BCUT2D eigenvalue weighted by molar-refractivity contribution is 0.373. The molecule has 98 valence electrons. The molecule has 0 spiro atoms. The summed E-state index contributed by atoms with van der Waals surface area (Å²) in [5.74, 6) is -0.0809. The molecule has 1 N–H and O–H groups in total. The van der Waals surface area contributed by atoms with E-state index in [-0.39, 0.29) is 5.82 Å². The minimum Gasteiger partial charge on any atom is -0.365 e. The Balaban J connectivity index is 1.87. The van der Waals surface area contributed by atoms with Crippen LogP contribution in [0.3, 0.4) is 0 Å². The van der Waals surface area contributed by atoms with Crippen LogP contribution in [0.4, 0.5) is 10.1 Å². The number of aryl methyl sites for hydroxylation is 1. The van der Waals surface area contributed by atoms with Gasteiger partial charge in [-0.1, -0.05) is 6.07 Å². The van der Waals surface area contributed by atoms with Gasteiger partial charge >= 0.3 is 0 Å². The molecule has 2 aliphatic rings. The summed E-state index contributed by atoms with van der Waals surface area (Å²) < 4.78 is 13.7. The van der Waals surface area contributed by atoms with Crippen molar-refractivity contribution in [3.8, 4) is 0 Å². The zero-order valence-electron chi connectivity index (χ0n) is 11.1. The number of fused-ring (bicyclic) bond motifs is 2. The van der Waals surface area contributed by atoms with Gasteiger partial charge in [0.2, 0.25) is 0 Å². The van der Waals surface area contributed by atoms with Crippen molar-refractivity contribution in [1.82, 2.24) is 5.32 Å². The first-order valence-corrected chi connectivity index (χ1v) is 6.91. The molecule has 2 bridgehead atoms. The predicted molar refractivity (Wildman–Crippen MR) is 72.5 cm³/mol.